The highest BCUT2D eigenvalue weighted by atomic mass is 32.2. The van der Waals surface area contributed by atoms with Crippen LogP contribution in [0.15, 0.2) is 29.2 Å². The molecule has 0 N–H and O–H groups in total. The first-order chi connectivity index (χ1) is 11.0. The lowest BCUT2D eigenvalue weighted by Gasteiger charge is -2.18. The third-order valence-electron chi connectivity index (χ3n) is 4.18. The van der Waals surface area contributed by atoms with E-state index >= 15 is 0 Å². The van der Waals surface area contributed by atoms with Gasteiger partial charge in [-0.1, -0.05) is 62.1 Å². The van der Waals surface area contributed by atoms with Gasteiger partial charge in [0.25, 0.3) is 5.91 Å². The van der Waals surface area contributed by atoms with Gasteiger partial charge in [-0.15, -0.1) is 0 Å². The minimum atomic E-state index is 0.00318. The van der Waals surface area contributed by atoms with Gasteiger partial charge >= 0.3 is 0 Å². The molecular formula is C18H21NO2S2. The predicted octanol–water partition coefficient (Wildman–Crippen LogP) is 4.19. The summed E-state index contributed by atoms with van der Waals surface area (Å²) in [5.41, 5.74) is 2.33. The van der Waals surface area contributed by atoms with Crippen molar-refractivity contribution in [3.63, 3.8) is 0 Å². The van der Waals surface area contributed by atoms with Crippen LogP contribution in [-0.2, 0) is 9.53 Å². The van der Waals surface area contributed by atoms with E-state index in [1.165, 1.54) is 17.3 Å². The molecule has 0 aromatic heterocycles. The molecule has 1 aromatic rings. The van der Waals surface area contributed by atoms with Gasteiger partial charge in [0.1, 0.15) is 4.32 Å². The smallest absolute Gasteiger partial charge is 0.266 e. The highest BCUT2D eigenvalue weighted by molar-refractivity contribution is 8.26. The predicted molar refractivity (Wildman–Crippen MR) is 99.4 cm³/mol. The van der Waals surface area contributed by atoms with Crippen molar-refractivity contribution in [1.82, 2.24) is 4.90 Å². The number of hydrogen-bond acceptors (Lipinski definition) is 4. The molecule has 3 rings (SSSR count). The van der Waals surface area contributed by atoms with E-state index in [9.17, 15) is 4.79 Å². The number of carbonyl (C=O) groups is 1. The summed E-state index contributed by atoms with van der Waals surface area (Å²) in [7, 11) is 0. The van der Waals surface area contributed by atoms with Crippen molar-refractivity contribution in [2.45, 2.75) is 38.7 Å². The maximum atomic E-state index is 12.6. The van der Waals surface area contributed by atoms with Crippen LogP contribution >= 0.6 is 24.0 Å². The summed E-state index contributed by atoms with van der Waals surface area (Å²) >= 11 is 6.76. The van der Waals surface area contributed by atoms with E-state index in [1.54, 1.807) is 4.90 Å². The topological polar surface area (TPSA) is 29.5 Å². The lowest BCUT2D eigenvalue weighted by Crippen LogP contribution is -2.35. The van der Waals surface area contributed by atoms with E-state index in [0.717, 1.165) is 25.0 Å². The lowest BCUT2D eigenvalue weighted by atomic mass is 10.0. The highest BCUT2D eigenvalue weighted by Crippen LogP contribution is 2.33. The Morgan fingerprint density at radius 1 is 1.39 bits per heavy atom. The van der Waals surface area contributed by atoms with Crippen molar-refractivity contribution in [1.29, 1.82) is 0 Å². The Hall–Kier alpha value is -1.17. The molecule has 23 heavy (non-hydrogen) atoms. The van der Waals surface area contributed by atoms with E-state index < -0.39 is 0 Å². The Morgan fingerprint density at radius 3 is 2.74 bits per heavy atom. The zero-order valence-corrected chi connectivity index (χ0v) is 15.1. The zero-order chi connectivity index (χ0) is 16.4. The number of nitrogens with zero attached hydrogens (tertiary/aromatic N) is 1. The summed E-state index contributed by atoms with van der Waals surface area (Å²) in [5, 5.41) is 0. The second-order valence-electron chi connectivity index (χ2n) is 6.25. The van der Waals surface area contributed by atoms with Crippen LogP contribution in [0.5, 0.6) is 0 Å². The molecule has 2 aliphatic heterocycles. The quantitative estimate of drug-likeness (QED) is 0.603. The van der Waals surface area contributed by atoms with Gasteiger partial charge in [-0.3, -0.25) is 9.69 Å². The monoisotopic (exact) mass is 347 g/mol. The molecule has 2 aliphatic rings. The minimum absolute atomic E-state index is 0.00318. The Bertz CT molecular complexity index is 631. The molecule has 122 valence electrons. The standard InChI is InChI=1S/C18H21NO2S2/c1-12(2)14-7-5-13(6-8-14)10-16-17(20)19(18(22)23-16)11-15-4-3-9-21-15/h5-8,10,12,15H,3-4,9,11H2,1-2H3/b16-10+/t15-/m1/s1. The largest absolute Gasteiger partial charge is 0.376 e. The van der Waals surface area contributed by atoms with Crippen LogP contribution in [0.2, 0.25) is 0 Å². The normalized spacial score (nSPS) is 23.5. The molecule has 0 spiro atoms. The fourth-order valence-corrected chi connectivity index (χ4v) is 4.05. The minimum Gasteiger partial charge on any atom is -0.376 e. The molecule has 0 radical (unpaired) electrons. The fraction of sp³-hybridized carbons (Fsp3) is 0.444. The number of ether oxygens (including phenoxy) is 1. The first kappa shape index (κ1) is 16.7. The van der Waals surface area contributed by atoms with Crippen LogP contribution in [0.4, 0.5) is 0 Å². The Morgan fingerprint density at radius 2 is 2.13 bits per heavy atom. The summed E-state index contributed by atoms with van der Waals surface area (Å²) in [4.78, 5) is 15.0. The van der Waals surface area contributed by atoms with Gasteiger partial charge in [0.2, 0.25) is 0 Å². The summed E-state index contributed by atoms with van der Waals surface area (Å²) in [6, 6.07) is 8.34. The molecular weight excluding hydrogens is 326 g/mol. The summed E-state index contributed by atoms with van der Waals surface area (Å²) in [6.45, 7) is 5.71. The average molecular weight is 348 g/mol. The molecule has 0 saturated carbocycles. The first-order valence-corrected chi connectivity index (χ1v) is 9.24. The summed E-state index contributed by atoms with van der Waals surface area (Å²) in [5.74, 6) is 0.511. The average Bonchev–Trinajstić information content (AvgIpc) is 3.12. The van der Waals surface area contributed by atoms with Crippen LogP contribution in [0.25, 0.3) is 6.08 Å². The van der Waals surface area contributed by atoms with E-state index in [1.807, 2.05) is 6.08 Å². The molecule has 2 fully saturated rings. The number of thiocarbonyl (C=S) groups is 1. The molecule has 1 amide bonds. The van der Waals surface area contributed by atoms with Crippen molar-refractivity contribution in [2.24, 2.45) is 0 Å². The van der Waals surface area contributed by atoms with Crippen LogP contribution in [0.1, 0.15) is 43.7 Å². The zero-order valence-electron chi connectivity index (χ0n) is 13.5. The Labute approximate surface area is 147 Å². The number of rotatable bonds is 4. The van der Waals surface area contributed by atoms with Gasteiger partial charge in [0.05, 0.1) is 17.6 Å². The van der Waals surface area contributed by atoms with E-state index in [4.69, 9.17) is 17.0 Å². The Kier molecular flexibility index (Phi) is 5.19. The second-order valence-corrected chi connectivity index (χ2v) is 7.92. The highest BCUT2D eigenvalue weighted by Gasteiger charge is 2.34. The van der Waals surface area contributed by atoms with Crippen molar-refractivity contribution < 1.29 is 9.53 Å². The lowest BCUT2D eigenvalue weighted by molar-refractivity contribution is -0.123. The molecule has 1 aromatic carbocycles. The maximum Gasteiger partial charge on any atom is 0.266 e. The number of thioether (sulfide) groups is 1. The van der Waals surface area contributed by atoms with E-state index in [-0.39, 0.29) is 12.0 Å². The van der Waals surface area contributed by atoms with Gasteiger partial charge < -0.3 is 4.74 Å². The van der Waals surface area contributed by atoms with Crippen LogP contribution in [0, 0.1) is 0 Å². The van der Waals surface area contributed by atoms with Crippen LogP contribution in [-0.4, -0.2) is 34.4 Å². The maximum absolute atomic E-state index is 12.6. The Balaban J connectivity index is 1.72. The number of benzene rings is 1. The third-order valence-corrected chi connectivity index (χ3v) is 5.56. The number of carbonyl (C=O) groups excluding carboxylic acids is 1. The first-order valence-electron chi connectivity index (χ1n) is 8.01. The number of amides is 1. The fourth-order valence-electron chi connectivity index (χ4n) is 2.78. The molecule has 0 bridgehead atoms. The summed E-state index contributed by atoms with van der Waals surface area (Å²) < 4.78 is 6.25. The van der Waals surface area contributed by atoms with Gasteiger partial charge in [0.15, 0.2) is 0 Å². The molecule has 2 heterocycles. The van der Waals surface area contributed by atoms with Crippen LogP contribution < -0.4 is 0 Å². The van der Waals surface area contributed by atoms with Gasteiger partial charge in [-0.05, 0) is 36.0 Å². The second kappa shape index (κ2) is 7.16. The SMILES string of the molecule is CC(C)c1ccc(/C=C2/SC(=S)N(C[C@H]3CCCO3)C2=O)cc1. The third kappa shape index (κ3) is 3.84. The van der Waals surface area contributed by atoms with E-state index in [2.05, 4.69) is 38.1 Å². The molecule has 3 nitrogen and oxygen atoms in total. The molecule has 1 atom stereocenters. The number of hydrogen-bond donors (Lipinski definition) is 0. The van der Waals surface area contributed by atoms with Crippen molar-refractivity contribution in [2.75, 3.05) is 13.2 Å². The molecule has 0 aliphatic carbocycles. The van der Waals surface area contributed by atoms with Gasteiger partial charge in [0, 0.05) is 6.61 Å². The van der Waals surface area contributed by atoms with Gasteiger partial charge in [-0.2, -0.15) is 0 Å². The van der Waals surface area contributed by atoms with Crippen LogP contribution in [0.3, 0.4) is 0 Å². The van der Waals surface area contributed by atoms with E-state index in [0.29, 0.717) is 21.7 Å². The molecule has 5 heteroatoms. The van der Waals surface area contributed by atoms with Crippen molar-refractivity contribution >= 4 is 40.3 Å². The van der Waals surface area contributed by atoms with Crippen molar-refractivity contribution in [3.8, 4) is 0 Å². The van der Waals surface area contributed by atoms with Crippen molar-refractivity contribution in [3.05, 3.63) is 40.3 Å². The molecule has 0 unspecified atom stereocenters. The van der Waals surface area contributed by atoms with Gasteiger partial charge in [-0.25, -0.2) is 0 Å². The molecule has 2 saturated heterocycles. The summed E-state index contributed by atoms with van der Waals surface area (Å²) in [6.07, 6.45) is 4.13.